The van der Waals surface area contributed by atoms with Crippen LogP contribution in [0.3, 0.4) is 0 Å². The standard InChI is InChI=1S/C24H21N5O/c30-24(22-11-10-19-8-4-5-9-20(19)25-22)29-16-14-28(15-17-29)23-13-12-21(26-27-23)18-6-2-1-3-7-18/h1-13H,14-17H2. The summed E-state index contributed by atoms with van der Waals surface area (Å²) in [7, 11) is 0. The Hall–Kier alpha value is -3.80. The number of carbonyl (C=O) groups excluding carboxylic acids is 1. The van der Waals surface area contributed by atoms with E-state index in [1.54, 1.807) is 0 Å². The van der Waals surface area contributed by atoms with Crippen molar-refractivity contribution in [3.05, 3.63) is 84.6 Å². The van der Waals surface area contributed by atoms with Crippen LogP contribution in [0.25, 0.3) is 22.2 Å². The Morgan fingerprint density at radius 2 is 1.50 bits per heavy atom. The van der Waals surface area contributed by atoms with Gasteiger partial charge >= 0.3 is 0 Å². The summed E-state index contributed by atoms with van der Waals surface area (Å²) in [6.07, 6.45) is 0. The molecule has 30 heavy (non-hydrogen) atoms. The minimum absolute atomic E-state index is 0.0223. The lowest BCUT2D eigenvalue weighted by Crippen LogP contribution is -2.49. The van der Waals surface area contributed by atoms with Gasteiger partial charge in [0.15, 0.2) is 5.82 Å². The van der Waals surface area contributed by atoms with Crippen LogP contribution < -0.4 is 4.90 Å². The third-order valence-electron chi connectivity index (χ3n) is 5.43. The van der Waals surface area contributed by atoms with E-state index < -0.39 is 0 Å². The Morgan fingerprint density at radius 3 is 2.27 bits per heavy atom. The molecule has 0 saturated carbocycles. The Labute approximate surface area is 174 Å². The quantitative estimate of drug-likeness (QED) is 0.530. The third kappa shape index (κ3) is 3.59. The van der Waals surface area contributed by atoms with E-state index in [1.807, 2.05) is 83.8 Å². The first-order valence-corrected chi connectivity index (χ1v) is 10.1. The van der Waals surface area contributed by atoms with Crippen molar-refractivity contribution in [1.29, 1.82) is 0 Å². The van der Waals surface area contributed by atoms with Gasteiger partial charge in [0.25, 0.3) is 5.91 Å². The molecule has 1 amide bonds. The van der Waals surface area contributed by atoms with Crippen molar-refractivity contribution in [2.75, 3.05) is 31.1 Å². The molecule has 1 fully saturated rings. The van der Waals surface area contributed by atoms with Crippen molar-refractivity contribution in [2.24, 2.45) is 0 Å². The van der Waals surface area contributed by atoms with Crippen LogP contribution in [0.15, 0.2) is 78.9 Å². The Bertz CT molecular complexity index is 1170. The minimum atomic E-state index is -0.0223. The number of aromatic nitrogens is 3. The molecule has 4 aromatic rings. The predicted molar refractivity (Wildman–Crippen MR) is 117 cm³/mol. The fourth-order valence-electron chi connectivity index (χ4n) is 3.74. The number of para-hydroxylation sites is 1. The second kappa shape index (κ2) is 7.91. The van der Waals surface area contributed by atoms with Gasteiger partial charge in [0, 0.05) is 37.1 Å². The molecular formula is C24H21N5O. The zero-order valence-corrected chi connectivity index (χ0v) is 16.5. The van der Waals surface area contributed by atoms with Crippen LogP contribution in [-0.4, -0.2) is 52.2 Å². The predicted octanol–water partition coefficient (Wildman–Crippen LogP) is 3.65. The molecule has 0 unspecified atom stereocenters. The van der Waals surface area contributed by atoms with E-state index in [9.17, 15) is 4.79 Å². The lowest BCUT2D eigenvalue weighted by atomic mass is 10.1. The summed E-state index contributed by atoms with van der Waals surface area (Å²) in [5.74, 6) is 0.816. The summed E-state index contributed by atoms with van der Waals surface area (Å²) < 4.78 is 0. The van der Waals surface area contributed by atoms with Gasteiger partial charge < -0.3 is 9.80 Å². The maximum atomic E-state index is 12.9. The zero-order chi connectivity index (χ0) is 20.3. The second-order valence-corrected chi connectivity index (χ2v) is 7.31. The van der Waals surface area contributed by atoms with E-state index in [1.165, 1.54) is 0 Å². The summed E-state index contributed by atoms with van der Waals surface area (Å²) in [4.78, 5) is 21.5. The molecule has 0 bridgehead atoms. The Balaban J connectivity index is 1.25. The molecular weight excluding hydrogens is 374 g/mol. The number of rotatable bonds is 3. The van der Waals surface area contributed by atoms with E-state index in [0.29, 0.717) is 18.8 Å². The van der Waals surface area contributed by atoms with Crippen molar-refractivity contribution in [2.45, 2.75) is 0 Å². The van der Waals surface area contributed by atoms with Gasteiger partial charge in [-0.3, -0.25) is 4.79 Å². The molecule has 0 spiro atoms. The molecule has 1 saturated heterocycles. The smallest absolute Gasteiger partial charge is 0.272 e. The first kappa shape index (κ1) is 18.2. The second-order valence-electron chi connectivity index (χ2n) is 7.31. The highest BCUT2D eigenvalue weighted by Crippen LogP contribution is 2.20. The molecule has 2 aromatic carbocycles. The van der Waals surface area contributed by atoms with Crippen LogP contribution in [0.1, 0.15) is 10.5 Å². The molecule has 6 nitrogen and oxygen atoms in total. The molecule has 1 aliphatic heterocycles. The number of carbonyl (C=O) groups is 1. The molecule has 0 N–H and O–H groups in total. The highest BCUT2D eigenvalue weighted by atomic mass is 16.2. The van der Waals surface area contributed by atoms with Gasteiger partial charge in [0.05, 0.1) is 11.2 Å². The van der Waals surface area contributed by atoms with Crippen LogP contribution >= 0.6 is 0 Å². The molecule has 3 heterocycles. The van der Waals surface area contributed by atoms with E-state index in [2.05, 4.69) is 20.1 Å². The van der Waals surface area contributed by atoms with E-state index in [-0.39, 0.29) is 5.91 Å². The average molecular weight is 395 g/mol. The summed E-state index contributed by atoms with van der Waals surface area (Å²) >= 11 is 0. The van der Waals surface area contributed by atoms with Gasteiger partial charge in [-0.25, -0.2) is 4.98 Å². The number of hydrogen-bond acceptors (Lipinski definition) is 5. The first-order chi connectivity index (χ1) is 14.8. The van der Waals surface area contributed by atoms with Gasteiger partial charge in [-0.05, 0) is 24.3 Å². The summed E-state index contributed by atoms with van der Waals surface area (Å²) in [6, 6.07) is 25.6. The van der Waals surface area contributed by atoms with Crippen LogP contribution in [0.5, 0.6) is 0 Å². The minimum Gasteiger partial charge on any atom is -0.352 e. The fourth-order valence-corrected chi connectivity index (χ4v) is 3.74. The summed E-state index contributed by atoms with van der Waals surface area (Å²) in [5.41, 5.74) is 3.25. The summed E-state index contributed by atoms with van der Waals surface area (Å²) in [6.45, 7) is 2.71. The van der Waals surface area contributed by atoms with Crippen LogP contribution in [0, 0.1) is 0 Å². The maximum Gasteiger partial charge on any atom is 0.272 e. The number of pyridine rings is 1. The number of fused-ring (bicyclic) bond motifs is 1. The average Bonchev–Trinajstić information content (AvgIpc) is 2.84. The number of nitrogens with zero attached hydrogens (tertiary/aromatic N) is 5. The molecule has 2 aromatic heterocycles. The van der Waals surface area contributed by atoms with Gasteiger partial charge in [-0.2, -0.15) is 0 Å². The van der Waals surface area contributed by atoms with Gasteiger partial charge in [-0.1, -0.05) is 54.6 Å². The lowest BCUT2D eigenvalue weighted by Gasteiger charge is -2.35. The molecule has 0 aliphatic carbocycles. The topological polar surface area (TPSA) is 62.2 Å². The SMILES string of the molecule is O=C(c1ccc2ccccc2n1)N1CCN(c2ccc(-c3ccccc3)nn2)CC1. The molecule has 1 aliphatic rings. The fraction of sp³-hybridized carbons (Fsp3) is 0.167. The van der Waals surface area contributed by atoms with Crippen LogP contribution in [0.2, 0.25) is 0 Å². The van der Waals surface area contributed by atoms with Crippen molar-refractivity contribution in [3.63, 3.8) is 0 Å². The molecule has 148 valence electrons. The van der Waals surface area contributed by atoms with Gasteiger partial charge in [0.2, 0.25) is 0 Å². The maximum absolute atomic E-state index is 12.9. The highest BCUT2D eigenvalue weighted by Gasteiger charge is 2.24. The largest absolute Gasteiger partial charge is 0.352 e. The van der Waals surface area contributed by atoms with Crippen molar-refractivity contribution < 1.29 is 4.79 Å². The first-order valence-electron chi connectivity index (χ1n) is 10.1. The molecule has 5 rings (SSSR count). The van der Waals surface area contributed by atoms with Crippen molar-refractivity contribution in [3.8, 4) is 11.3 Å². The molecule has 0 radical (unpaired) electrons. The lowest BCUT2D eigenvalue weighted by molar-refractivity contribution is 0.0741. The highest BCUT2D eigenvalue weighted by molar-refractivity contribution is 5.95. The molecule has 6 heteroatoms. The number of hydrogen-bond donors (Lipinski definition) is 0. The molecule has 0 atom stereocenters. The Kier molecular flexibility index (Phi) is 4.81. The van der Waals surface area contributed by atoms with Crippen LogP contribution in [-0.2, 0) is 0 Å². The monoisotopic (exact) mass is 395 g/mol. The number of benzene rings is 2. The van der Waals surface area contributed by atoms with Gasteiger partial charge in [-0.15, -0.1) is 10.2 Å². The van der Waals surface area contributed by atoms with E-state index in [4.69, 9.17) is 0 Å². The van der Waals surface area contributed by atoms with Crippen LogP contribution in [0.4, 0.5) is 5.82 Å². The third-order valence-corrected chi connectivity index (χ3v) is 5.43. The number of amides is 1. The normalized spacial score (nSPS) is 14.1. The van der Waals surface area contributed by atoms with Crippen molar-refractivity contribution >= 4 is 22.6 Å². The van der Waals surface area contributed by atoms with E-state index in [0.717, 1.165) is 41.1 Å². The van der Waals surface area contributed by atoms with Crippen molar-refractivity contribution in [1.82, 2.24) is 20.1 Å². The summed E-state index contributed by atoms with van der Waals surface area (Å²) in [5, 5.41) is 9.81. The van der Waals surface area contributed by atoms with Gasteiger partial charge in [0.1, 0.15) is 5.69 Å². The van der Waals surface area contributed by atoms with E-state index >= 15 is 0 Å². The Morgan fingerprint density at radius 1 is 0.733 bits per heavy atom. The number of piperazine rings is 1. The zero-order valence-electron chi connectivity index (χ0n) is 16.5. The number of anilines is 1.